The smallest absolute Gasteiger partial charge is 0.288 e. The zero-order valence-electron chi connectivity index (χ0n) is 19.9. The first-order chi connectivity index (χ1) is 17.6. The molecule has 0 radical (unpaired) electrons. The van der Waals surface area contributed by atoms with E-state index in [1.165, 1.54) is 6.07 Å². The molecule has 36 heavy (non-hydrogen) atoms. The Kier molecular flexibility index (Phi) is 10.1. The molecule has 184 valence electrons. The summed E-state index contributed by atoms with van der Waals surface area (Å²) in [5, 5.41) is 14.1. The van der Waals surface area contributed by atoms with E-state index in [9.17, 15) is 10.1 Å². The molecule has 0 spiro atoms. The summed E-state index contributed by atoms with van der Waals surface area (Å²) < 4.78 is 21.2. The van der Waals surface area contributed by atoms with Gasteiger partial charge in [0.15, 0.2) is 5.82 Å². The quantitative estimate of drug-likeness (QED) is 0.151. The van der Waals surface area contributed by atoms with E-state index in [0.717, 1.165) is 11.8 Å². The molecule has 1 N–H and O–H groups in total. The first-order valence-electron chi connectivity index (χ1n) is 11.0. The second kappa shape index (κ2) is 14.0. The highest BCUT2D eigenvalue weighted by atomic mass is 16.6. The minimum Gasteiger partial charge on any atom is -0.491 e. The molecule has 0 saturated heterocycles. The summed E-state index contributed by atoms with van der Waals surface area (Å²) in [6.07, 6.45) is 1.16. The zero-order valence-corrected chi connectivity index (χ0v) is 19.9. The number of benzene rings is 2. The Morgan fingerprint density at radius 2 is 1.47 bits per heavy atom. The third-order valence-corrected chi connectivity index (χ3v) is 4.59. The molecule has 0 aliphatic rings. The van der Waals surface area contributed by atoms with Crippen molar-refractivity contribution in [2.45, 2.75) is 0 Å². The molecular weight excluding hydrogens is 462 g/mol. The van der Waals surface area contributed by atoms with Crippen LogP contribution in [0.15, 0.2) is 60.8 Å². The molecule has 3 aromatic rings. The van der Waals surface area contributed by atoms with Gasteiger partial charge in [-0.05, 0) is 42.3 Å². The molecule has 1 heterocycles. The molecule has 0 atom stereocenters. The first kappa shape index (κ1) is 26.0. The molecule has 9 nitrogen and oxygen atoms in total. The fourth-order valence-corrected chi connectivity index (χ4v) is 2.86. The maximum absolute atomic E-state index is 11.3. The lowest BCUT2D eigenvalue weighted by Gasteiger charge is -2.05. The fourth-order valence-electron chi connectivity index (χ4n) is 2.86. The van der Waals surface area contributed by atoms with Crippen molar-refractivity contribution in [3.63, 3.8) is 0 Å². The van der Waals surface area contributed by atoms with Crippen LogP contribution in [0.1, 0.15) is 16.7 Å². The normalized spacial score (nSPS) is 9.83. The Bertz CT molecular complexity index is 1300. The van der Waals surface area contributed by atoms with Gasteiger partial charge in [0, 0.05) is 37.5 Å². The standard InChI is InChI=1S/C27H25N3O6/c1-33-13-15-35-25-7-3-5-21(17-25)9-10-23-19-24(30(31)32)20-29-27(23)28-12-11-22-6-4-8-26(18-22)36-16-14-34-2/h3-8,17-20H,13-16H2,1-2H3,(H,28,29). The van der Waals surface area contributed by atoms with E-state index in [2.05, 4.69) is 34.1 Å². The van der Waals surface area contributed by atoms with Crippen LogP contribution in [0.4, 0.5) is 11.5 Å². The van der Waals surface area contributed by atoms with Crippen molar-refractivity contribution >= 4 is 11.5 Å². The van der Waals surface area contributed by atoms with Crippen LogP contribution < -0.4 is 14.8 Å². The molecular formula is C27H25N3O6. The van der Waals surface area contributed by atoms with Crippen LogP contribution >= 0.6 is 0 Å². The SMILES string of the molecule is COCCOc1cccc(C#CNc2ncc([N+](=O)[O-])cc2C#Cc2cccc(OCCOC)c2)c1. The van der Waals surface area contributed by atoms with Gasteiger partial charge < -0.3 is 18.9 Å². The molecule has 0 aliphatic heterocycles. The van der Waals surface area contributed by atoms with Crippen LogP contribution in [-0.4, -0.2) is 50.6 Å². The van der Waals surface area contributed by atoms with Crippen LogP contribution in [0.25, 0.3) is 0 Å². The van der Waals surface area contributed by atoms with Gasteiger partial charge in [-0.25, -0.2) is 4.98 Å². The monoisotopic (exact) mass is 487 g/mol. The topological polar surface area (TPSA) is 105 Å². The number of methoxy groups -OCH3 is 2. The number of pyridine rings is 1. The number of nitrogens with zero attached hydrogens (tertiary/aromatic N) is 2. The summed E-state index contributed by atoms with van der Waals surface area (Å²) in [4.78, 5) is 14.9. The Morgan fingerprint density at radius 3 is 2.06 bits per heavy atom. The van der Waals surface area contributed by atoms with Gasteiger partial charge in [0.2, 0.25) is 0 Å². The molecule has 0 unspecified atom stereocenters. The summed E-state index contributed by atoms with van der Waals surface area (Å²) in [5.41, 5.74) is 1.56. The number of ether oxygens (including phenoxy) is 4. The predicted octanol–water partition coefficient (Wildman–Crippen LogP) is 3.86. The Morgan fingerprint density at radius 1 is 0.861 bits per heavy atom. The van der Waals surface area contributed by atoms with E-state index in [1.54, 1.807) is 26.4 Å². The van der Waals surface area contributed by atoms with E-state index < -0.39 is 4.92 Å². The van der Waals surface area contributed by atoms with E-state index in [0.29, 0.717) is 54.9 Å². The summed E-state index contributed by atoms with van der Waals surface area (Å²) in [6, 6.07) is 18.7. The molecule has 0 aliphatic carbocycles. The van der Waals surface area contributed by atoms with Gasteiger partial charge in [-0.15, -0.1) is 0 Å². The van der Waals surface area contributed by atoms with Gasteiger partial charge in [-0.1, -0.05) is 24.0 Å². The average Bonchev–Trinajstić information content (AvgIpc) is 2.89. The molecule has 0 bridgehead atoms. The van der Waals surface area contributed by atoms with Crippen LogP contribution in [0.5, 0.6) is 11.5 Å². The minimum absolute atomic E-state index is 0.171. The van der Waals surface area contributed by atoms with Crippen molar-refractivity contribution in [1.82, 2.24) is 4.98 Å². The maximum atomic E-state index is 11.3. The van der Waals surface area contributed by atoms with Crippen molar-refractivity contribution in [3.05, 3.63) is 87.6 Å². The van der Waals surface area contributed by atoms with Crippen LogP contribution in [0.2, 0.25) is 0 Å². The van der Waals surface area contributed by atoms with Gasteiger partial charge in [0.25, 0.3) is 5.69 Å². The number of nitrogens with one attached hydrogen (secondary N) is 1. The lowest BCUT2D eigenvalue weighted by atomic mass is 10.2. The van der Waals surface area contributed by atoms with Crippen molar-refractivity contribution in [2.75, 3.05) is 46.0 Å². The highest BCUT2D eigenvalue weighted by molar-refractivity contribution is 5.61. The Labute approximate surface area is 209 Å². The third kappa shape index (κ3) is 8.33. The van der Waals surface area contributed by atoms with Crippen LogP contribution in [-0.2, 0) is 9.47 Å². The lowest BCUT2D eigenvalue weighted by Crippen LogP contribution is -2.04. The van der Waals surface area contributed by atoms with E-state index in [-0.39, 0.29) is 5.69 Å². The van der Waals surface area contributed by atoms with E-state index in [4.69, 9.17) is 18.9 Å². The lowest BCUT2D eigenvalue weighted by molar-refractivity contribution is -0.385. The van der Waals surface area contributed by atoms with Gasteiger partial charge in [-0.3, -0.25) is 15.4 Å². The molecule has 2 aromatic carbocycles. The van der Waals surface area contributed by atoms with Crippen LogP contribution in [0, 0.1) is 33.9 Å². The van der Waals surface area contributed by atoms with Gasteiger partial charge in [-0.2, -0.15) is 0 Å². The number of rotatable bonds is 10. The van der Waals surface area contributed by atoms with Gasteiger partial charge >= 0.3 is 0 Å². The van der Waals surface area contributed by atoms with Crippen molar-refractivity contribution < 1.29 is 23.9 Å². The second-order valence-corrected chi connectivity index (χ2v) is 7.21. The molecule has 3 rings (SSSR count). The molecule has 9 heteroatoms. The molecule has 0 saturated carbocycles. The third-order valence-electron chi connectivity index (χ3n) is 4.59. The highest BCUT2D eigenvalue weighted by Gasteiger charge is 2.10. The molecule has 0 amide bonds. The number of hydrogen-bond donors (Lipinski definition) is 1. The highest BCUT2D eigenvalue weighted by Crippen LogP contribution is 2.19. The largest absolute Gasteiger partial charge is 0.491 e. The van der Waals surface area contributed by atoms with E-state index >= 15 is 0 Å². The molecule has 1 aromatic heterocycles. The summed E-state index contributed by atoms with van der Waals surface area (Å²) in [5.74, 6) is 10.5. The number of nitro groups is 1. The number of anilines is 1. The number of hydrogen-bond acceptors (Lipinski definition) is 8. The zero-order chi connectivity index (χ0) is 25.6. The molecule has 0 fully saturated rings. The first-order valence-corrected chi connectivity index (χ1v) is 11.0. The van der Waals surface area contributed by atoms with E-state index in [1.807, 2.05) is 36.4 Å². The van der Waals surface area contributed by atoms with Crippen molar-refractivity contribution in [1.29, 1.82) is 0 Å². The summed E-state index contributed by atoms with van der Waals surface area (Å²) in [7, 11) is 3.21. The van der Waals surface area contributed by atoms with Crippen LogP contribution in [0.3, 0.4) is 0 Å². The van der Waals surface area contributed by atoms with Crippen molar-refractivity contribution in [2.24, 2.45) is 0 Å². The minimum atomic E-state index is -0.521. The van der Waals surface area contributed by atoms with Gasteiger partial charge in [0.05, 0.1) is 23.7 Å². The Balaban J connectivity index is 1.79. The van der Waals surface area contributed by atoms with Crippen molar-refractivity contribution in [3.8, 4) is 35.3 Å². The summed E-state index contributed by atoms with van der Waals surface area (Å²) in [6.45, 7) is 1.80. The van der Waals surface area contributed by atoms with Gasteiger partial charge in [0.1, 0.15) is 30.9 Å². The predicted molar refractivity (Wildman–Crippen MR) is 135 cm³/mol. The Hall–Kier alpha value is -4.57. The number of aromatic nitrogens is 1. The second-order valence-electron chi connectivity index (χ2n) is 7.21. The fraction of sp³-hybridized carbons (Fsp3) is 0.222. The maximum Gasteiger partial charge on any atom is 0.288 e. The summed E-state index contributed by atoms with van der Waals surface area (Å²) >= 11 is 0. The average molecular weight is 488 g/mol.